The van der Waals surface area contributed by atoms with Crippen LogP contribution in [-0.4, -0.2) is 81.6 Å². The molecule has 4 aromatic rings. The monoisotopic (exact) mass is 780 g/mol. The quantitative estimate of drug-likeness (QED) is 0.0344. The number of aliphatic hydroxyl groups is 2. The second-order valence-corrected chi connectivity index (χ2v) is 13.1. The minimum atomic E-state index is -1.30. The van der Waals surface area contributed by atoms with E-state index in [0.717, 1.165) is 5.56 Å². The molecule has 3 atom stereocenters. The van der Waals surface area contributed by atoms with Gasteiger partial charge in [0.15, 0.2) is 0 Å². The van der Waals surface area contributed by atoms with Gasteiger partial charge in [-0.2, -0.15) is 0 Å². The number of esters is 1. The molecule has 0 spiro atoms. The lowest BCUT2D eigenvalue weighted by molar-refractivity contribution is -0.769. The Hall–Kier alpha value is -5.91. The van der Waals surface area contributed by atoms with Crippen LogP contribution in [0.4, 0.5) is 10.1 Å². The summed E-state index contributed by atoms with van der Waals surface area (Å²) in [5.41, 5.74) is 4.38. The largest absolute Gasteiger partial charge is 0.466 e. The first-order valence-corrected chi connectivity index (χ1v) is 18.0. The Morgan fingerprint density at radius 2 is 1.50 bits per heavy atom. The molecule has 3 aromatic carbocycles. The zero-order chi connectivity index (χ0) is 40.6. The van der Waals surface area contributed by atoms with Crippen LogP contribution in [0.25, 0.3) is 22.4 Å². The average Bonchev–Trinajstić information content (AvgIpc) is 3.50. The van der Waals surface area contributed by atoms with Gasteiger partial charge in [-0.05, 0) is 66.3 Å². The molecule has 0 radical (unpaired) electrons. The van der Waals surface area contributed by atoms with Crippen molar-refractivity contribution in [2.24, 2.45) is 0 Å². The number of carbonyl (C=O) groups is 2. The maximum Gasteiger partial charge on any atom is 0.308 e. The summed E-state index contributed by atoms with van der Waals surface area (Å²) in [7, 11) is 0. The van der Waals surface area contributed by atoms with Gasteiger partial charge < -0.3 is 39.2 Å². The van der Waals surface area contributed by atoms with Crippen LogP contribution in [0.2, 0.25) is 0 Å². The van der Waals surface area contributed by atoms with Gasteiger partial charge in [0.25, 0.3) is 16.1 Å². The number of aliphatic hydroxyl groups excluding tert-OH is 2. The van der Waals surface area contributed by atoms with E-state index in [4.69, 9.17) is 9.47 Å². The van der Waals surface area contributed by atoms with Gasteiger partial charge in [-0.25, -0.2) is 4.39 Å². The first-order valence-electron chi connectivity index (χ1n) is 18.0. The van der Waals surface area contributed by atoms with Crippen LogP contribution >= 0.6 is 0 Å². The Labute approximate surface area is 322 Å². The van der Waals surface area contributed by atoms with E-state index >= 15 is 0 Å². The molecular formula is C39H45FN4O12. The number of para-hydroxylation sites is 1. The van der Waals surface area contributed by atoms with E-state index in [0.29, 0.717) is 33.8 Å². The number of nitrogens with one attached hydrogen (secondary N) is 1. The minimum Gasteiger partial charge on any atom is -0.466 e. The standard InChI is InChI=1S/C39H45FN4O12/c1-26(2)37-36(39(48)41-30-11-7-4-8-12-30)35(27-9-5-3-6-10-27)38(28-13-15-29(40)16-14-28)42(37)19-17-31(45)23-32(46)24-34(47)54-20-18-33(56-44(51)52)25-53-21-22-55-43(49)50/h3-16,26,31-33,45-46H,17-25H2,1-2H3,(H,41,48)/t31-,32-,33?/m1/s1. The van der Waals surface area contributed by atoms with Crippen LogP contribution < -0.4 is 5.32 Å². The molecule has 3 N–H and O–H groups in total. The fourth-order valence-corrected chi connectivity index (χ4v) is 6.23. The second-order valence-electron chi connectivity index (χ2n) is 13.1. The summed E-state index contributed by atoms with van der Waals surface area (Å²) >= 11 is 0. The molecule has 1 amide bonds. The second kappa shape index (κ2) is 21.3. The maximum atomic E-state index is 14.2. The van der Waals surface area contributed by atoms with Gasteiger partial charge in [-0.3, -0.25) is 9.59 Å². The van der Waals surface area contributed by atoms with Crippen molar-refractivity contribution in [1.82, 2.24) is 4.57 Å². The molecule has 300 valence electrons. The third-order valence-corrected chi connectivity index (χ3v) is 8.59. The summed E-state index contributed by atoms with van der Waals surface area (Å²) in [5.74, 6) is -1.79. The topological polar surface area (TPSA) is 215 Å². The van der Waals surface area contributed by atoms with E-state index in [9.17, 15) is 44.4 Å². The molecule has 16 nitrogen and oxygen atoms in total. The fourth-order valence-electron chi connectivity index (χ4n) is 6.23. The number of hydrogen-bond donors (Lipinski definition) is 3. The number of amides is 1. The first-order chi connectivity index (χ1) is 26.8. The van der Waals surface area contributed by atoms with Crippen molar-refractivity contribution in [3.8, 4) is 22.4 Å². The smallest absolute Gasteiger partial charge is 0.308 e. The zero-order valence-electron chi connectivity index (χ0n) is 31.0. The molecule has 0 aliphatic rings. The van der Waals surface area contributed by atoms with Gasteiger partial charge in [0, 0.05) is 29.9 Å². The molecule has 1 unspecified atom stereocenters. The van der Waals surface area contributed by atoms with Crippen molar-refractivity contribution in [1.29, 1.82) is 0 Å². The van der Waals surface area contributed by atoms with Crippen LogP contribution in [0.3, 0.4) is 0 Å². The molecule has 0 bridgehead atoms. The lowest BCUT2D eigenvalue weighted by Crippen LogP contribution is -2.27. The lowest BCUT2D eigenvalue weighted by atomic mass is 9.94. The van der Waals surface area contributed by atoms with Crippen LogP contribution in [0.1, 0.15) is 61.5 Å². The number of rotatable bonds is 23. The number of halogens is 1. The van der Waals surface area contributed by atoms with Gasteiger partial charge in [0.05, 0.1) is 49.7 Å². The molecule has 0 saturated heterocycles. The summed E-state index contributed by atoms with van der Waals surface area (Å²) in [6, 6.07) is 24.3. The van der Waals surface area contributed by atoms with Crippen molar-refractivity contribution in [2.45, 2.75) is 70.3 Å². The van der Waals surface area contributed by atoms with E-state index in [1.54, 1.807) is 24.3 Å². The van der Waals surface area contributed by atoms with E-state index in [-0.39, 0.29) is 57.5 Å². The molecule has 56 heavy (non-hydrogen) atoms. The van der Waals surface area contributed by atoms with Crippen LogP contribution in [0.15, 0.2) is 84.9 Å². The van der Waals surface area contributed by atoms with Gasteiger partial charge in [-0.15, -0.1) is 20.2 Å². The normalized spacial score (nSPS) is 12.8. The van der Waals surface area contributed by atoms with Gasteiger partial charge in [0.1, 0.15) is 18.5 Å². The highest BCUT2D eigenvalue weighted by atomic mass is 19.1. The molecule has 4 rings (SSSR count). The predicted octanol–water partition coefficient (Wildman–Crippen LogP) is 5.96. The van der Waals surface area contributed by atoms with Crippen LogP contribution in [0.5, 0.6) is 0 Å². The molecule has 17 heteroatoms. The Morgan fingerprint density at radius 3 is 2.12 bits per heavy atom. The first kappa shape index (κ1) is 42.8. The predicted molar refractivity (Wildman–Crippen MR) is 201 cm³/mol. The lowest BCUT2D eigenvalue weighted by Gasteiger charge is -2.20. The van der Waals surface area contributed by atoms with Gasteiger partial charge >= 0.3 is 5.97 Å². The Bertz CT molecular complexity index is 1890. The van der Waals surface area contributed by atoms with E-state index in [2.05, 4.69) is 15.0 Å². The Balaban J connectivity index is 1.49. The number of anilines is 1. The third-order valence-electron chi connectivity index (χ3n) is 8.59. The number of hydrogen-bond acceptors (Lipinski definition) is 12. The highest BCUT2D eigenvalue weighted by molar-refractivity contribution is 6.12. The molecule has 1 aromatic heterocycles. The van der Waals surface area contributed by atoms with E-state index < -0.39 is 53.3 Å². The number of aromatic nitrogens is 1. The number of ether oxygens (including phenoxy) is 2. The maximum absolute atomic E-state index is 14.2. The van der Waals surface area contributed by atoms with E-state index in [1.807, 2.05) is 66.9 Å². The van der Waals surface area contributed by atoms with E-state index in [1.165, 1.54) is 12.1 Å². The van der Waals surface area contributed by atoms with Crippen molar-refractivity contribution >= 4 is 17.6 Å². The van der Waals surface area contributed by atoms with Crippen LogP contribution in [-0.2, 0) is 30.5 Å². The number of carbonyl (C=O) groups excluding carboxylic acids is 2. The van der Waals surface area contributed by atoms with Gasteiger partial charge in [0.2, 0.25) is 0 Å². The summed E-state index contributed by atoms with van der Waals surface area (Å²) in [6.45, 7) is 2.82. The van der Waals surface area contributed by atoms with Gasteiger partial charge in [-0.1, -0.05) is 62.4 Å². The number of nitrogens with zero attached hydrogens (tertiary/aromatic N) is 3. The molecule has 0 saturated carbocycles. The molecule has 0 aliphatic heterocycles. The third kappa shape index (κ3) is 12.9. The van der Waals surface area contributed by atoms with Crippen molar-refractivity contribution in [3.05, 3.63) is 122 Å². The van der Waals surface area contributed by atoms with Crippen molar-refractivity contribution < 1.29 is 53.5 Å². The molecule has 0 aliphatic carbocycles. The highest BCUT2D eigenvalue weighted by Crippen LogP contribution is 2.42. The Morgan fingerprint density at radius 1 is 0.839 bits per heavy atom. The fraction of sp³-hybridized carbons (Fsp3) is 0.385. The zero-order valence-corrected chi connectivity index (χ0v) is 31.0. The molecule has 1 heterocycles. The van der Waals surface area contributed by atoms with Crippen molar-refractivity contribution in [3.63, 3.8) is 0 Å². The summed E-state index contributed by atoms with van der Waals surface area (Å²) in [5, 5.41) is 43.8. The molecule has 0 fully saturated rings. The molecular weight excluding hydrogens is 735 g/mol. The average molecular weight is 781 g/mol. The number of benzene rings is 3. The summed E-state index contributed by atoms with van der Waals surface area (Å²) in [6.07, 6.45) is -4.26. The minimum absolute atomic E-state index is 0.106. The summed E-state index contributed by atoms with van der Waals surface area (Å²) < 4.78 is 26.3. The van der Waals surface area contributed by atoms with Crippen LogP contribution in [0, 0.1) is 26.0 Å². The SMILES string of the molecule is CC(C)c1c(C(=O)Nc2ccccc2)c(-c2ccccc2)c(-c2ccc(F)cc2)n1CC[C@@H](O)C[C@@H](O)CC(=O)OCCC(COCCO[N+](=O)[O-])O[N+](=O)[O-]. The van der Waals surface area contributed by atoms with Crippen molar-refractivity contribution in [2.75, 3.05) is 31.7 Å². The Kier molecular flexibility index (Phi) is 16.3. The summed E-state index contributed by atoms with van der Waals surface area (Å²) in [4.78, 5) is 56.4. The highest BCUT2D eigenvalue weighted by Gasteiger charge is 2.31.